The van der Waals surface area contributed by atoms with Crippen LogP contribution < -0.4 is 10.1 Å². The van der Waals surface area contributed by atoms with Crippen LogP contribution in [0.25, 0.3) is 22.4 Å². The standard InChI is InChI=1S/C28H25N5O2S/c1-35-21-14-12-19(13-15-21)24-22(30-28-31-29-17-36-28)16-23-25(18-8-4-2-5-9-18)26(32-33(23)27(24)34)20-10-6-3-7-11-20/h3,6-8,10-15,17H,2,4-5,9,16H2,1H3,(H,30,31). The number of rotatable bonds is 6. The molecular formula is C28H25N5O2S. The predicted molar refractivity (Wildman–Crippen MR) is 142 cm³/mol. The fourth-order valence-electron chi connectivity index (χ4n) is 4.99. The van der Waals surface area contributed by atoms with Gasteiger partial charge in [-0.2, -0.15) is 9.78 Å². The Morgan fingerprint density at radius 2 is 1.86 bits per heavy atom. The lowest BCUT2D eigenvalue weighted by Gasteiger charge is -2.23. The van der Waals surface area contributed by atoms with Gasteiger partial charge in [-0.25, -0.2) is 0 Å². The van der Waals surface area contributed by atoms with E-state index in [9.17, 15) is 4.79 Å². The molecule has 7 nitrogen and oxygen atoms in total. The number of fused-ring (bicyclic) bond motifs is 1. The molecule has 1 aliphatic carbocycles. The van der Waals surface area contributed by atoms with Gasteiger partial charge in [-0.3, -0.25) is 4.79 Å². The molecule has 1 N–H and O–H groups in total. The number of carbonyl (C=O) groups is 1. The molecule has 8 heteroatoms. The maximum Gasteiger partial charge on any atom is 0.280 e. The number of nitrogens with zero attached hydrogens (tertiary/aromatic N) is 4. The summed E-state index contributed by atoms with van der Waals surface area (Å²) in [5, 5.41) is 17.1. The van der Waals surface area contributed by atoms with Crippen LogP contribution in [0, 0.1) is 0 Å². The largest absolute Gasteiger partial charge is 0.497 e. The zero-order chi connectivity index (χ0) is 24.5. The van der Waals surface area contributed by atoms with E-state index in [1.54, 1.807) is 17.3 Å². The number of nitrogens with one attached hydrogen (secondary N) is 1. The van der Waals surface area contributed by atoms with Gasteiger partial charge in [0.25, 0.3) is 5.91 Å². The average molecular weight is 496 g/mol. The molecule has 2 aromatic heterocycles. The molecule has 2 aliphatic rings. The molecule has 0 spiro atoms. The first kappa shape index (κ1) is 22.4. The second kappa shape index (κ2) is 9.54. The van der Waals surface area contributed by atoms with Crippen LogP contribution >= 0.6 is 11.3 Å². The van der Waals surface area contributed by atoms with Crippen molar-refractivity contribution in [2.75, 3.05) is 12.4 Å². The van der Waals surface area contributed by atoms with Crippen molar-refractivity contribution in [3.05, 3.63) is 88.7 Å². The highest BCUT2D eigenvalue weighted by molar-refractivity contribution is 7.13. The van der Waals surface area contributed by atoms with Gasteiger partial charge in [0.15, 0.2) is 0 Å². The maximum atomic E-state index is 14.1. The molecule has 1 aliphatic heterocycles. The monoisotopic (exact) mass is 495 g/mol. The van der Waals surface area contributed by atoms with E-state index in [-0.39, 0.29) is 5.91 Å². The molecule has 2 aromatic carbocycles. The van der Waals surface area contributed by atoms with E-state index in [1.165, 1.54) is 23.3 Å². The highest BCUT2D eigenvalue weighted by atomic mass is 32.1. The van der Waals surface area contributed by atoms with Crippen LogP contribution in [0.5, 0.6) is 5.75 Å². The van der Waals surface area contributed by atoms with Gasteiger partial charge in [0, 0.05) is 23.2 Å². The van der Waals surface area contributed by atoms with Gasteiger partial charge in [-0.15, -0.1) is 10.2 Å². The Labute approximate surface area is 213 Å². The van der Waals surface area contributed by atoms with Crippen LogP contribution in [-0.2, 0) is 6.42 Å². The normalized spacial score (nSPS) is 15.5. The molecule has 0 amide bonds. The Morgan fingerprint density at radius 1 is 1.03 bits per heavy atom. The molecule has 0 saturated carbocycles. The first-order valence-corrected chi connectivity index (χ1v) is 12.9. The van der Waals surface area contributed by atoms with Crippen LogP contribution in [0.1, 0.15) is 47.3 Å². The molecule has 0 atom stereocenters. The number of anilines is 1. The second-order valence-corrected chi connectivity index (χ2v) is 9.69. The number of hydrogen-bond donors (Lipinski definition) is 1. The summed E-state index contributed by atoms with van der Waals surface area (Å²) in [6, 6.07) is 17.7. The van der Waals surface area contributed by atoms with Crippen molar-refractivity contribution >= 4 is 33.5 Å². The number of allylic oxidation sites excluding steroid dienone is 4. The minimum Gasteiger partial charge on any atom is -0.497 e. The predicted octanol–water partition coefficient (Wildman–Crippen LogP) is 6.09. The fourth-order valence-corrected chi connectivity index (χ4v) is 5.46. The minimum absolute atomic E-state index is 0.159. The number of hydrogen-bond acceptors (Lipinski definition) is 7. The molecule has 0 unspecified atom stereocenters. The van der Waals surface area contributed by atoms with E-state index in [2.05, 4.69) is 33.7 Å². The van der Waals surface area contributed by atoms with E-state index in [0.29, 0.717) is 17.1 Å². The van der Waals surface area contributed by atoms with E-state index >= 15 is 0 Å². The van der Waals surface area contributed by atoms with Gasteiger partial charge >= 0.3 is 0 Å². The summed E-state index contributed by atoms with van der Waals surface area (Å²) in [4.78, 5) is 14.1. The third-order valence-electron chi connectivity index (χ3n) is 6.69. The van der Waals surface area contributed by atoms with Crippen molar-refractivity contribution in [2.24, 2.45) is 0 Å². The van der Waals surface area contributed by atoms with Gasteiger partial charge in [-0.05, 0) is 49.0 Å². The Kier molecular flexibility index (Phi) is 5.95. The lowest BCUT2D eigenvalue weighted by Crippen LogP contribution is -2.27. The SMILES string of the molecule is COc1ccc(C2=C(Nc3nncs3)Cc3c(C4=CCCCC4)c(-c4ccccc4)nn3C2=O)cc1. The summed E-state index contributed by atoms with van der Waals surface area (Å²) in [6.07, 6.45) is 7.21. The van der Waals surface area contributed by atoms with Crippen LogP contribution in [0.4, 0.5) is 5.13 Å². The average Bonchev–Trinajstić information content (AvgIpc) is 3.58. The summed E-state index contributed by atoms with van der Waals surface area (Å²) < 4.78 is 6.94. The molecule has 0 bridgehead atoms. The third-order valence-corrected chi connectivity index (χ3v) is 7.30. The van der Waals surface area contributed by atoms with Crippen molar-refractivity contribution < 1.29 is 9.53 Å². The zero-order valence-electron chi connectivity index (χ0n) is 19.9. The summed E-state index contributed by atoms with van der Waals surface area (Å²) in [5.74, 6) is 0.576. The fraction of sp³-hybridized carbons (Fsp3) is 0.214. The summed E-state index contributed by atoms with van der Waals surface area (Å²) in [6.45, 7) is 0. The lowest BCUT2D eigenvalue weighted by molar-refractivity contribution is 0.0958. The van der Waals surface area contributed by atoms with Crippen LogP contribution in [0.15, 0.2) is 71.9 Å². The Morgan fingerprint density at radius 3 is 2.56 bits per heavy atom. The zero-order valence-corrected chi connectivity index (χ0v) is 20.7. The van der Waals surface area contributed by atoms with E-state index in [4.69, 9.17) is 9.84 Å². The second-order valence-electron chi connectivity index (χ2n) is 8.86. The number of ether oxygens (including phenoxy) is 1. The molecule has 4 aromatic rings. The summed E-state index contributed by atoms with van der Waals surface area (Å²) in [7, 11) is 1.63. The summed E-state index contributed by atoms with van der Waals surface area (Å²) >= 11 is 1.40. The van der Waals surface area contributed by atoms with E-state index < -0.39 is 0 Å². The van der Waals surface area contributed by atoms with Gasteiger partial charge in [0.05, 0.1) is 18.4 Å². The molecule has 0 saturated heterocycles. The lowest BCUT2D eigenvalue weighted by atomic mass is 9.88. The smallest absolute Gasteiger partial charge is 0.280 e. The summed E-state index contributed by atoms with van der Waals surface area (Å²) in [5.41, 5.74) is 8.99. The molecular weight excluding hydrogens is 470 g/mol. The van der Waals surface area contributed by atoms with Crippen molar-refractivity contribution in [3.63, 3.8) is 0 Å². The number of methoxy groups -OCH3 is 1. The third kappa shape index (κ3) is 4.03. The Hall–Kier alpha value is -4.04. The van der Waals surface area contributed by atoms with Crippen molar-refractivity contribution in [1.82, 2.24) is 20.0 Å². The van der Waals surface area contributed by atoms with Crippen LogP contribution in [-0.4, -0.2) is 33.0 Å². The molecule has 3 heterocycles. The molecule has 180 valence electrons. The van der Waals surface area contributed by atoms with Gasteiger partial charge in [0.1, 0.15) is 17.0 Å². The highest BCUT2D eigenvalue weighted by Gasteiger charge is 2.34. The van der Waals surface area contributed by atoms with E-state index in [0.717, 1.165) is 58.8 Å². The van der Waals surface area contributed by atoms with Crippen molar-refractivity contribution in [2.45, 2.75) is 32.1 Å². The van der Waals surface area contributed by atoms with Gasteiger partial charge in [-0.1, -0.05) is 59.9 Å². The Balaban J connectivity index is 1.53. The van der Waals surface area contributed by atoms with Gasteiger partial charge in [0.2, 0.25) is 5.13 Å². The van der Waals surface area contributed by atoms with Crippen LogP contribution in [0.2, 0.25) is 0 Å². The molecule has 6 rings (SSSR count). The quantitative estimate of drug-likeness (QED) is 0.349. The first-order chi connectivity index (χ1) is 17.7. The Bertz CT molecular complexity index is 1470. The van der Waals surface area contributed by atoms with Crippen LogP contribution in [0.3, 0.4) is 0 Å². The molecule has 0 fully saturated rings. The maximum absolute atomic E-state index is 14.1. The number of benzene rings is 2. The first-order valence-electron chi connectivity index (χ1n) is 12.0. The molecule has 36 heavy (non-hydrogen) atoms. The number of carbonyl (C=O) groups excluding carboxylic acids is 1. The van der Waals surface area contributed by atoms with Crippen molar-refractivity contribution in [1.29, 1.82) is 0 Å². The highest BCUT2D eigenvalue weighted by Crippen LogP contribution is 2.40. The van der Waals surface area contributed by atoms with E-state index in [1.807, 2.05) is 42.5 Å². The minimum atomic E-state index is -0.159. The van der Waals surface area contributed by atoms with Gasteiger partial charge < -0.3 is 10.1 Å². The topological polar surface area (TPSA) is 81.9 Å². The number of aromatic nitrogens is 4. The van der Waals surface area contributed by atoms with Crippen molar-refractivity contribution in [3.8, 4) is 17.0 Å². The molecule has 0 radical (unpaired) electrons.